The van der Waals surface area contributed by atoms with Gasteiger partial charge in [0, 0.05) is 25.4 Å². The Balaban J connectivity index is 1.79. The van der Waals surface area contributed by atoms with Crippen molar-refractivity contribution in [1.29, 1.82) is 0 Å². The lowest BCUT2D eigenvalue weighted by molar-refractivity contribution is -0.151. The molecule has 126 valence electrons. The van der Waals surface area contributed by atoms with Crippen molar-refractivity contribution >= 4 is 23.6 Å². The number of carbonyl (C=O) groups excluding carboxylic acids is 4. The molecule has 6 heteroatoms. The first kappa shape index (κ1) is 14.4. The molecule has 0 aromatic heterocycles. The van der Waals surface area contributed by atoms with Gasteiger partial charge in [-0.15, -0.1) is 0 Å². The Kier molecular flexibility index (Phi) is 2.49. The Labute approximate surface area is 139 Å². The van der Waals surface area contributed by atoms with E-state index in [2.05, 4.69) is 6.08 Å². The minimum Gasteiger partial charge on any atom is -0.285 e. The van der Waals surface area contributed by atoms with E-state index in [4.69, 9.17) is 0 Å². The summed E-state index contributed by atoms with van der Waals surface area (Å²) >= 11 is 0. The van der Waals surface area contributed by atoms with Gasteiger partial charge in [-0.25, -0.2) is 0 Å². The minimum absolute atomic E-state index is 0.157. The van der Waals surface area contributed by atoms with Crippen LogP contribution in [0.5, 0.6) is 0 Å². The number of carbonyl (C=O) groups is 4. The Morgan fingerprint density at radius 3 is 1.96 bits per heavy atom. The molecule has 0 aromatic carbocycles. The molecule has 0 aromatic rings. The monoisotopic (exact) mass is 328 g/mol. The van der Waals surface area contributed by atoms with Gasteiger partial charge in [-0.05, 0) is 19.3 Å². The molecule has 6 aliphatic rings. The SMILES string of the molecule is CN1C(=O)[C@@H]2C3C=C4CCCCC4([C@@H]2C1=O)[C@H]1C(=O)N(C)C(=O)[C@@H]31. The predicted molar refractivity (Wildman–Crippen MR) is 82.0 cm³/mol. The van der Waals surface area contributed by atoms with E-state index in [0.29, 0.717) is 0 Å². The predicted octanol–water partition coefficient (Wildman–Crippen LogP) is 0.579. The third-order valence-corrected chi connectivity index (χ3v) is 7.36. The van der Waals surface area contributed by atoms with E-state index in [9.17, 15) is 19.2 Å². The summed E-state index contributed by atoms with van der Waals surface area (Å²) in [7, 11) is 3.07. The maximum absolute atomic E-state index is 12.9. The van der Waals surface area contributed by atoms with Crippen LogP contribution >= 0.6 is 0 Å². The van der Waals surface area contributed by atoms with Gasteiger partial charge in [0.15, 0.2) is 0 Å². The lowest BCUT2D eigenvalue weighted by atomic mass is 9.41. The molecule has 2 bridgehead atoms. The highest BCUT2D eigenvalue weighted by Crippen LogP contribution is 2.69. The largest absolute Gasteiger partial charge is 0.285 e. The van der Waals surface area contributed by atoms with E-state index in [1.54, 1.807) is 0 Å². The summed E-state index contributed by atoms with van der Waals surface area (Å²) in [6.07, 6.45) is 5.68. The molecular weight excluding hydrogens is 308 g/mol. The third-order valence-electron chi connectivity index (χ3n) is 7.36. The number of hydrogen-bond donors (Lipinski definition) is 0. The van der Waals surface area contributed by atoms with Crippen LogP contribution < -0.4 is 0 Å². The van der Waals surface area contributed by atoms with Crippen molar-refractivity contribution in [3.8, 4) is 0 Å². The van der Waals surface area contributed by atoms with E-state index >= 15 is 0 Å². The lowest BCUT2D eigenvalue weighted by Crippen LogP contribution is -2.60. The fraction of sp³-hybridized carbons (Fsp3) is 0.667. The van der Waals surface area contributed by atoms with Crippen molar-refractivity contribution in [2.75, 3.05) is 14.1 Å². The van der Waals surface area contributed by atoms with Crippen LogP contribution in [-0.4, -0.2) is 47.5 Å². The van der Waals surface area contributed by atoms with Crippen LogP contribution in [0, 0.1) is 35.0 Å². The van der Waals surface area contributed by atoms with Crippen molar-refractivity contribution in [2.45, 2.75) is 25.7 Å². The number of hydrogen-bond acceptors (Lipinski definition) is 4. The molecule has 24 heavy (non-hydrogen) atoms. The summed E-state index contributed by atoms with van der Waals surface area (Å²) in [6.45, 7) is 0. The van der Waals surface area contributed by atoms with Gasteiger partial charge in [0.2, 0.25) is 23.6 Å². The number of imide groups is 2. The molecule has 6 atom stereocenters. The number of rotatable bonds is 0. The Bertz CT molecular complexity index is 708. The Morgan fingerprint density at radius 2 is 1.42 bits per heavy atom. The molecule has 4 aliphatic carbocycles. The molecule has 2 aliphatic heterocycles. The maximum atomic E-state index is 12.9. The van der Waals surface area contributed by atoms with E-state index in [-0.39, 0.29) is 29.5 Å². The van der Waals surface area contributed by atoms with Crippen LogP contribution in [0.25, 0.3) is 0 Å². The second kappa shape index (κ2) is 4.16. The van der Waals surface area contributed by atoms with Crippen molar-refractivity contribution in [3.63, 3.8) is 0 Å². The van der Waals surface area contributed by atoms with Gasteiger partial charge in [-0.2, -0.15) is 0 Å². The average Bonchev–Trinajstić information content (AvgIpc) is 2.97. The number of amides is 4. The zero-order chi connectivity index (χ0) is 17.0. The maximum Gasteiger partial charge on any atom is 0.233 e. The summed E-state index contributed by atoms with van der Waals surface area (Å²) in [4.78, 5) is 53.8. The van der Waals surface area contributed by atoms with Gasteiger partial charge in [0.05, 0.1) is 23.7 Å². The van der Waals surface area contributed by atoms with Crippen molar-refractivity contribution in [3.05, 3.63) is 11.6 Å². The molecule has 4 amide bonds. The van der Waals surface area contributed by atoms with Crippen LogP contribution in [0.4, 0.5) is 0 Å². The van der Waals surface area contributed by atoms with E-state index < -0.39 is 29.1 Å². The molecule has 6 rings (SSSR count). The van der Waals surface area contributed by atoms with Crippen LogP contribution in [0.3, 0.4) is 0 Å². The summed E-state index contributed by atoms with van der Waals surface area (Å²) in [5.74, 6) is -2.81. The van der Waals surface area contributed by atoms with Gasteiger partial charge < -0.3 is 0 Å². The van der Waals surface area contributed by atoms with Crippen LogP contribution in [0.2, 0.25) is 0 Å². The van der Waals surface area contributed by atoms with Gasteiger partial charge in [0.25, 0.3) is 0 Å². The number of likely N-dealkylation sites (tertiary alicyclic amines) is 2. The van der Waals surface area contributed by atoms with E-state index in [0.717, 1.165) is 31.3 Å². The normalized spacial score (nSPS) is 46.2. The van der Waals surface area contributed by atoms with Gasteiger partial charge in [0.1, 0.15) is 0 Å². The fourth-order valence-electron chi connectivity index (χ4n) is 6.46. The van der Waals surface area contributed by atoms with Crippen molar-refractivity contribution < 1.29 is 19.2 Å². The quantitative estimate of drug-likeness (QED) is 0.481. The minimum atomic E-state index is -0.614. The molecule has 0 radical (unpaired) electrons. The highest BCUT2D eigenvalue weighted by molar-refractivity contribution is 6.11. The van der Waals surface area contributed by atoms with Crippen LogP contribution in [0.15, 0.2) is 11.6 Å². The smallest absolute Gasteiger partial charge is 0.233 e. The lowest BCUT2D eigenvalue weighted by Gasteiger charge is -2.58. The fourth-order valence-corrected chi connectivity index (χ4v) is 6.46. The number of nitrogens with zero attached hydrogens (tertiary/aromatic N) is 2. The first-order valence-corrected chi connectivity index (χ1v) is 8.75. The van der Waals surface area contributed by atoms with Gasteiger partial charge >= 0.3 is 0 Å². The van der Waals surface area contributed by atoms with Crippen LogP contribution in [0.1, 0.15) is 25.7 Å². The molecule has 1 spiro atoms. The summed E-state index contributed by atoms with van der Waals surface area (Å²) < 4.78 is 0. The highest BCUT2D eigenvalue weighted by atomic mass is 16.2. The molecule has 2 heterocycles. The zero-order valence-electron chi connectivity index (χ0n) is 13.8. The van der Waals surface area contributed by atoms with Crippen LogP contribution in [-0.2, 0) is 19.2 Å². The second-order valence-corrected chi connectivity index (χ2v) is 7.99. The van der Waals surface area contributed by atoms with Crippen molar-refractivity contribution in [1.82, 2.24) is 9.80 Å². The summed E-state index contributed by atoms with van der Waals surface area (Å²) in [6, 6.07) is 0. The Hall–Kier alpha value is -1.98. The zero-order valence-corrected chi connectivity index (χ0v) is 13.8. The first-order valence-electron chi connectivity index (χ1n) is 8.75. The Morgan fingerprint density at radius 1 is 0.875 bits per heavy atom. The van der Waals surface area contributed by atoms with Gasteiger partial charge in [-0.3, -0.25) is 29.0 Å². The highest BCUT2D eigenvalue weighted by Gasteiger charge is 2.75. The molecule has 6 nitrogen and oxygen atoms in total. The molecular formula is C18H20N2O4. The number of allylic oxidation sites excluding steroid dienone is 2. The molecule has 0 N–H and O–H groups in total. The average molecular weight is 328 g/mol. The third kappa shape index (κ3) is 1.25. The van der Waals surface area contributed by atoms with Gasteiger partial charge in [-0.1, -0.05) is 18.1 Å². The van der Waals surface area contributed by atoms with Crippen molar-refractivity contribution in [2.24, 2.45) is 35.0 Å². The topological polar surface area (TPSA) is 74.8 Å². The molecule has 4 fully saturated rings. The summed E-state index contributed by atoms with van der Waals surface area (Å²) in [5, 5.41) is 0. The molecule has 2 saturated carbocycles. The summed E-state index contributed by atoms with van der Waals surface area (Å²) in [5.41, 5.74) is 0.548. The second-order valence-electron chi connectivity index (χ2n) is 7.99. The first-order chi connectivity index (χ1) is 11.4. The molecule has 2 saturated heterocycles. The molecule has 2 unspecified atom stereocenters. The van der Waals surface area contributed by atoms with E-state index in [1.807, 2.05) is 0 Å². The standard InChI is InChI=1S/C18H20N2O4/c1-19-14(21)10-9-7-8-5-3-4-6-18(8,12(10)16(19)23)13-11(9)15(22)20(2)17(13)24/h7,9-13H,3-6H2,1-2H3/t9?,10-,11+,12+,13-,18?. The van der Waals surface area contributed by atoms with E-state index in [1.165, 1.54) is 23.9 Å².